The van der Waals surface area contributed by atoms with E-state index in [0.29, 0.717) is 5.82 Å². The molecule has 0 saturated carbocycles. The summed E-state index contributed by atoms with van der Waals surface area (Å²) in [5.41, 5.74) is 5.70. The fraction of sp³-hybridized carbons (Fsp3) is 0.227. The number of rotatable bonds is 3. The van der Waals surface area contributed by atoms with E-state index >= 15 is 0 Å². The number of aryl methyl sites for hydroxylation is 3. The number of aliphatic imine (C=N–C) groups is 1. The SMILES string of the molecule is Cc1ccc(/N=C(/c2nc(C)c(-c3ccc(F)cc3)cc2C)N(C)C)nc1. The molecule has 0 fully saturated rings. The van der Waals surface area contributed by atoms with E-state index < -0.39 is 0 Å². The Hall–Kier alpha value is -3.08. The molecule has 3 aromatic rings. The second kappa shape index (κ2) is 7.66. The number of aromatic nitrogens is 2. The molecule has 138 valence electrons. The largest absolute Gasteiger partial charge is 0.361 e. The summed E-state index contributed by atoms with van der Waals surface area (Å²) in [6.07, 6.45) is 1.80. The molecule has 0 atom stereocenters. The first-order valence-electron chi connectivity index (χ1n) is 8.78. The number of hydrogen-bond donors (Lipinski definition) is 0. The van der Waals surface area contributed by atoms with Gasteiger partial charge in [-0.15, -0.1) is 0 Å². The fourth-order valence-electron chi connectivity index (χ4n) is 2.85. The third-order valence-electron chi connectivity index (χ3n) is 4.31. The molecule has 2 aromatic heterocycles. The van der Waals surface area contributed by atoms with Gasteiger partial charge in [0, 0.05) is 31.5 Å². The molecule has 1 aromatic carbocycles. The van der Waals surface area contributed by atoms with Gasteiger partial charge in [0.05, 0.1) is 0 Å². The van der Waals surface area contributed by atoms with E-state index in [4.69, 9.17) is 9.98 Å². The fourth-order valence-corrected chi connectivity index (χ4v) is 2.85. The maximum atomic E-state index is 13.2. The van der Waals surface area contributed by atoms with Crippen molar-refractivity contribution in [3.63, 3.8) is 0 Å². The lowest BCUT2D eigenvalue weighted by molar-refractivity contribution is 0.620. The molecule has 0 aliphatic heterocycles. The van der Waals surface area contributed by atoms with Crippen LogP contribution in [0.25, 0.3) is 11.1 Å². The number of benzene rings is 1. The van der Waals surface area contributed by atoms with Crippen LogP contribution in [-0.2, 0) is 0 Å². The van der Waals surface area contributed by atoms with Crippen molar-refractivity contribution in [1.29, 1.82) is 0 Å². The number of amidine groups is 1. The van der Waals surface area contributed by atoms with Gasteiger partial charge >= 0.3 is 0 Å². The van der Waals surface area contributed by atoms with Gasteiger partial charge in [-0.2, -0.15) is 0 Å². The lowest BCUT2D eigenvalue weighted by atomic mass is 10.0. The molecule has 2 heterocycles. The molecule has 4 nitrogen and oxygen atoms in total. The van der Waals surface area contributed by atoms with Crippen molar-refractivity contribution >= 4 is 11.7 Å². The third-order valence-corrected chi connectivity index (χ3v) is 4.31. The Balaban J connectivity index is 2.07. The summed E-state index contributed by atoms with van der Waals surface area (Å²) in [6.45, 7) is 5.96. The maximum Gasteiger partial charge on any atom is 0.156 e. The molecule has 0 amide bonds. The first-order chi connectivity index (χ1) is 12.8. The van der Waals surface area contributed by atoms with E-state index in [1.807, 2.05) is 51.9 Å². The minimum Gasteiger partial charge on any atom is -0.361 e. The predicted molar refractivity (Wildman–Crippen MR) is 108 cm³/mol. The summed E-state index contributed by atoms with van der Waals surface area (Å²) in [5.74, 6) is 1.15. The highest BCUT2D eigenvalue weighted by atomic mass is 19.1. The zero-order chi connectivity index (χ0) is 19.6. The second-order valence-electron chi connectivity index (χ2n) is 6.82. The van der Waals surface area contributed by atoms with Gasteiger partial charge in [-0.25, -0.2) is 19.4 Å². The van der Waals surface area contributed by atoms with E-state index in [1.54, 1.807) is 18.3 Å². The van der Waals surface area contributed by atoms with Gasteiger partial charge in [0.2, 0.25) is 0 Å². The standard InChI is InChI=1S/C22H23FN4/c1-14-6-11-20(24-13-14)26-22(27(4)5)21-15(2)12-19(16(3)25-21)17-7-9-18(23)10-8-17/h6-13H,1-5H3/b26-22-. The van der Waals surface area contributed by atoms with E-state index in [-0.39, 0.29) is 5.82 Å². The molecular weight excluding hydrogens is 339 g/mol. The number of pyridine rings is 2. The minimum atomic E-state index is -0.245. The predicted octanol–water partition coefficient (Wildman–Crippen LogP) is 4.85. The molecule has 0 bridgehead atoms. The van der Waals surface area contributed by atoms with Gasteiger partial charge in [-0.3, -0.25) is 0 Å². The Morgan fingerprint density at radius 1 is 1.00 bits per heavy atom. The highest BCUT2D eigenvalue weighted by Crippen LogP contribution is 2.26. The van der Waals surface area contributed by atoms with Crippen LogP contribution in [0.4, 0.5) is 10.2 Å². The van der Waals surface area contributed by atoms with Crippen molar-refractivity contribution < 1.29 is 4.39 Å². The van der Waals surface area contributed by atoms with Crippen LogP contribution < -0.4 is 0 Å². The summed E-state index contributed by atoms with van der Waals surface area (Å²) in [7, 11) is 3.88. The first kappa shape index (κ1) is 18.7. The monoisotopic (exact) mass is 362 g/mol. The topological polar surface area (TPSA) is 41.4 Å². The first-order valence-corrected chi connectivity index (χ1v) is 8.78. The van der Waals surface area contributed by atoms with Gasteiger partial charge in [-0.05, 0) is 61.7 Å². The average molecular weight is 362 g/mol. The Morgan fingerprint density at radius 2 is 1.70 bits per heavy atom. The van der Waals surface area contributed by atoms with Crippen LogP contribution in [0.15, 0.2) is 53.7 Å². The molecule has 27 heavy (non-hydrogen) atoms. The molecule has 5 heteroatoms. The Bertz CT molecular complexity index is 974. The molecule has 0 radical (unpaired) electrons. The normalized spacial score (nSPS) is 11.6. The molecule has 0 spiro atoms. The highest BCUT2D eigenvalue weighted by Gasteiger charge is 2.15. The second-order valence-corrected chi connectivity index (χ2v) is 6.82. The van der Waals surface area contributed by atoms with Crippen LogP contribution in [0, 0.1) is 26.6 Å². The van der Waals surface area contributed by atoms with E-state index in [0.717, 1.165) is 39.5 Å². The Kier molecular flexibility index (Phi) is 5.31. The van der Waals surface area contributed by atoms with Gasteiger partial charge in [0.25, 0.3) is 0 Å². The summed E-state index contributed by atoms with van der Waals surface area (Å²) < 4.78 is 13.2. The molecule has 0 N–H and O–H groups in total. The maximum absolute atomic E-state index is 13.2. The van der Waals surface area contributed by atoms with Crippen molar-refractivity contribution in [2.24, 2.45) is 4.99 Å². The Labute approximate surface area is 159 Å². The molecule has 0 unspecified atom stereocenters. The van der Waals surface area contributed by atoms with Gasteiger partial charge < -0.3 is 4.90 Å². The zero-order valence-corrected chi connectivity index (χ0v) is 16.3. The van der Waals surface area contributed by atoms with Crippen molar-refractivity contribution in [2.75, 3.05) is 14.1 Å². The van der Waals surface area contributed by atoms with Gasteiger partial charge in [0.1, 0.15) is 11.5 Å². The van der Waals surface area contributed by atoms with Crippen molar-refractivity contribution in [1.82, 2.24) is 14.9 Å². The summed E-state index contributed by atoms with van der Waals surface area (Å²) in [4.78, 5) is 15.8. The van der Waals surface area contributed by atoms with Crippen molar-refractivity contribution in [3.8, 4) is 11.1 Å². The molecule has 3 rings (SSSR count). The summed E-state index contributed by atoms with van der Waals surface area (Å²) in [6, 6.07) is 12.4. The smallest absolute Gasteiger partial charge is 0.156 e. The Morgan fingerprint density at radius 3 is 2.30 bits per heavy atom. The molecule has 0 aliphatic carbocycles. The van der Waals surface area contributed by atoms with Crippen LogP contribution in [0.2, 0.25) is 0 Å². The summed E-state index contributed by atoms with van der Waals surface area (Å²) in [5, 5.41) is 0. The van der Waals surface area contributed by atoms with Crippen LogP contribution in [0.3, 0.4) is 0 Å². The van der Waals surface area contributed by atoms with Crippen LogP contribution in [0.1, 0.15) is 22.5 Å². The van der Waals surface area contributed by atoms with Crippen molar-refractivity contribution in [3.05, 3.63) is 77.0 Å². The van der Waals surface area contributed by atoms with Gasteiger partial charge in [0.15, 0.2) is 11.7 Å². The third kappa shape index (κ3) is 4.19. The average Bonchev–Trinajstić information content (AvgIpc) is 2.63. The molecular formula is C22H23FN4. The van der Waals surface area contributed by atoms with E-state index in [9.17, 15) is 4.39 Å². The quantitative estimate of drug-likeness (QED) is 0.494. The lowest BCUT2D eigenvalue weighted by Crippen LogP contribution is -2.25. The minimum absolute atomic E-state index is 0.245. The zero-order valence-electron chi connectivity index (χ0n) is 16.3. The van der Waals surface area contributed by atoms with Crippen molar-refractivity contribution in [2.45, 2.75) is 20.8 Å². The van der Waals surface area contributed by atoms with Gasteiger partial charge in [-0.1, -0.05) is 18.2 Å². The number of halogens is 1. The lowest BCUT2D eigenvalue weighted by Gasteiger charge is -2.19. The van der Waals surface area contributed by atoms with Crippen LogP contribution in [-0.4, -0.2) is 34.8 Å². The van der Waals surface area contributed by atoms with E-state index in [1.165, 1.54) is 12.1 Å². The number of hydrogen-bond acceptors (Lipinski definition) is 3. The highest BCUT2D eigenvalue weighted by molar-refractivity contribution is 5.99. The summed E-state index contributed by atoms with van der Waals surface area (Å²) >= 11 is 0. The van der Waals surface area contributed by atoms with Crippen LogP contribution in [0.5, 0.6) is 0 Å². The molecule has 0 saturated heterocycles. The van der Waals surface area contributed by atoms with Crippen LogP contribution >= 0.6 is 0 Å². The molecule has 0 aliphatic rings. The number of nitrogens with zero attached hydrogens (tertiary/aromatic N) is 4. The van der Waals surface area contributed by atoms with E-state index in [2.05, 4.69) is 11.1 Å².